The monoisotopic (exact) mass is 212 g/mol. The van der Waals surface area contributed by atoms with E-state index >= 15 is 0 Å². The van der Waals surface area contributed by atoms with Gasteiger partial charge in [-0.3, -0.25) is 4.79 Å². The van der Waals surface area contributed by atoms with Gasteiger partial charge in [-0.15, -0.1) is 0 Å². The Bertz CT molecular complexity index is 347. The van der Waals surface area contributed by atoms with Crippen LogP contribution in [0.4, 0.5) is 0 Å². The van der Waals surface area contributed by atoms with Gasteiger partial charge in [0.25, 0.3) is 0 Å². The highest BCUT2D eigenvalue weighted by atomic mass is 35.5. The van der Waals surface area contributed by atoms with Crippen LogP contribution in [0.3, 0.4) is 0 Å². The van der Waals surface area contributed by atoms with Crippen molar-refractivity contribution in [2.75, 3.05) is 0 Å². The van der Waals surface area contributed by atoms with Gasteiger partial charge in [0.05, 0.1) is 6.42 Å². The summed E-state index contributed by atoms with van der Waals surface area (Å²) in [5, 5.41) is 9.36. The molecule has 0 saturated carbocycles. The molecule has 1 atom stereocenters. The number of hydrogen-bond donors (Lipinski definition) is 1. The highest BCUT2D eigenvalue weighted by molar-refractivity contribution is 6.31. The molecule has 0 bridgehead atoms. The van der Waals surface area contributed by atoms with Crippen molar-refractivity contribution in [2.45, 2.75) is 26.2 Å². The standard InChI is InChI=1S/C11H13ClO2/c1-7(6-11(13)14)9-3-4-10(12)8(2)5-9/h3-5,7H,6H2,1-2H3,(H,13,14)/t7-/m0/s1. The minimum atomic E-state index is -0.773. The Morgan fingerprint density at radius 1 is 1.57 bits per heavy atom. The molecule has 76 valence electrons. The average Bonchev–Trinajstić information content (AvgIpc) is 2.08. The number of carboxylic acids is 1. The van der Waals surface area contributed by atoms with E-state index in [1.54, 1.807) is 0 Å². The summed E-state index contributed by atoms with van der Waals surface area (Å²) in [6, 6.07) is 5.63. The summed E-state index contributed by atoms with van der Waals surface area (Å²) in [6.07, 6.45) is 0.154. The quantitative estimate of drug-likeness (QED) is 0.835. The lowest BCUT2D eigenvalue weighted by Crippen LogP contribution is -2.02. The van der Waals surface area contributed by atoms with E-state index in [1.807, 2.05) is 32.0 Å². The van der Waals surface area contributed by atoms with Crippen LogP contribution in [0.5, 0.6) is 0 Å². The van der Waals surface area contributed by atoms with Crippen LogP contribution in [0, 0.1) is 6.92 Å². The van der Waals surface area contributed by atoms with Crippen molar-refractivity contribution in [3.8, 4) is 0 Å². The maximum absolute atomic E-state index is 10.5. The number of aliphatic carboxylic acids is 1. The highest BCUT2D eigenvalue weighted by Crippen LogP contribution is 2.23. The second-order valence-corrected chi connectivity index (χ2v) is 3.91. The Morgan fingerprint density at radius 2 is 2.21 bits per heavy atom. The molecule has 2 nitrogen and oxygen atoms in total. The van der Waals surface area contributed by atoms with Crippen molar-refractivity contribution in [1.82, 2.24) is 0 Å². The molecule has 0 aliphatic heterocycles. The molecule has 0 aliphatic rings. The minimum absolute atomic E-state index is 0.0310. The van der Waals surface area contributed by atoms with Crippen molar-refractivity contribution in [1.29, 1.82) is 0 Å². The molecule has 0 fully saturated rings. The smallest absolute Gasteiger partial charge is 0.303 e. The zero-order chi connectivity index (χ0) is 10.7. The summed E-state index contributed by atoms with van der Waals surface area (Å²) in [5.74, 6) is -0.742. The lowest BCUT2D eigenvalue weighted by Gasteiger charge is -2.10. The largest absolute Gasteiger partial charge is 0.481 e. The fourth-order valence-corrected chi connectivity index (χ4v) is 1.47. The van der Waals surface area contributed by atoms with Crippen molar-refractivity contribution < 1.29 is 9.90 Å². The molecule has 0 aromatic heterocycles. The Balaban J connectivity index is 2.85. The summed E-state index contributed by atoms with van der Waals surface area (Å²) >= 11 is 5.87. The first-order valence-electron chi connectivity index (χ1n) is 4.48. The van der Waals surface area contributed by atoms with E-state index in [1.165, 1.54) is 0 Å². The SMILES string of the molecule is Cc1cc([C@@H](C)CC(=O)O)ccc1Cl. The van der Waals surface area contributed by atoms with E-state index in [9.17, 15) is 4.79 Å². The van der Waals surface area contributed by atoms with Crippen molar-refractivity contribution >= 4 is 17.6 Å². The molecule has 0 heterocycles. The van der Waals surface area contributed by atoms with Crippen molar-refractivity contribution in [3.63, 3.8) is 0 Å². The molecular weight excluding hydrogens is 200 g/mol. The zero-order valence-corrected chi connectivity index (χ0v) is 9.01. The molecule has 0 spiro atoms. The first-order valence-corrected chi connectivity index (χ1v) is 4.86. The third-order valence-corrected chi connectivity index (χ3v) is 2.66. The fraction of sp³-hybridized carbons (Fsp3) is 0.364. The van der Waals surface area contributed by atoms with Crippen LogP contribution in [0.2, 0.25) is 5.02 Å². The first-order chi connectivity index (χ1) is 6.50. The third-order valence-electron chi connectivity index (χ3n) is 2.23. The lowest BCUT2D eigenvalue weighted by atomic mass is 9.96. The molecule has 1 aromatic carbocycles. The van der Waals surface area contributed by atoms with Gasteiger partial charge in [-0.2, -0.15) is 0 Å². The molecule has 1 aromatic rings. The highest BCUT2D eigenvalue weighted by Gasteiger charge is 2.10. The van der Waals surface area contributed by atoms with Crippen LogP contribution >= 0.6 is 11.6 Å². The number of aryl methyl sites for hydroxylation is 1. The molecule has 3 heteroatoms. The van der Waals surface area contributed by atoms with Gasteiger partial charge < -0.3 is 5.11 Å². The van der Waals surface area contributed by atoms with Crippen molar-refractivity contribution in [3.05, 3.63) is 34.3 Å². The summed E-state index contributed by atoms with van der Waals surface area (Å²) in [6.45, 7) is 3.82. The van der Waals surface area contributed by atoms with Crippen molar-refractivity contribution in [2.24, 2.45) is 0 Å². The Kier molecular flexibility index (Phi) is 3.53. The Morgan fingerprint density at radius 3 is 2.71 bits per heavy atom. The van der Waals surface area contributed by atoms with Crippen LogP contribution in [0.25, 0.3) is 0 Å². The molecule has 1 N–H and O–H groups in total. The lowest BCUT2D eigenvalue weighted by molar-refractivity contribution is -0.137. The average molecular weight is 213 g/mol. The van der Waals surface area contributed by atoms with Gasteiger partial charge >= 0.3 is 5.97 Å². The minimum Gasteiger partial charge on any atom is -0.481 e. The van der Waals surface area contributed by atoms with Gasteiger partial charge in [0.15, 0.2) is 0 Å². The second-order valence-electron chi connectivity index (χ2n) is 3.51. The van der Waals surface area contributed by atoms with E-state index < -0.39 is 5.97 Å². The van der Waals surface area contributed by atoms with E-state index in [0.717, 1.165) is 16.1 Å². The van der Waals surface area contributed by atoms with Crippen LogP contribution < -0.4 is 0 Å². The van der Waals surface area contributed by atoms with E-state index in [2.05, 4.69) is 0 Å². The summed E-state index contributed by atoms with van der Waals surface area (Å²) < 4.78 is 0. The summed E-state index contributed by atoms with van der Waals surface area (Å²) in [4.78, 5) is 10.5. The molecule has 0 amide bonds. The van der Waals surface area contributed by atoms with E-state index in [0.29, 0.717) is 0 Å². The van der Waals surface area contributed by atoms with Crippen LogP contribution in [-0.2, 0) is 4.79 Å². The predicted molar refractivity (Wildman–Crippen MR) is 56.9 cm³/mol. The van der Waals surface area contributed by atoms with Crippen LogP contribution in [0.15, 0.2) is 18.2 Å². The van der Waals surface area contributed by atoms with Gasteiger partial charge in [0.2, 0.25) is 0 Å². The molecule has 0 aliphatic carbocycles. The predicted octanol–water partition coefficient (Wildman–Crippen LogP) is 3.23. The van der Waals surface area contributed by atoms with Gasteiger partial charge in [-0.1, -0.05) is 30.7 Å². The number of hydrogen-bond acceptors (Lipinski definition) is 1. The maximum Gasteiger partial charge on any atom is 0.303 e. The molecule has 0 saturated heterocycles. The molecular formula is C11H13ClO2. The van der Waals surface area contributed by atoms with Crippen LogP contribution in [0.1, 0.15) is 30.4 Å². The molecule has 0 unspecified atom stereocenters. The van der Waals surface area contributed by atoms with Gasteiger partial charge in [-0.25, -0.2) is 0 Å². The number of benzene rings is 1. The Labute approximate surface area is 88.5 Å². The van der Waals surface area contributed by atoms with Gasteiger partial charge in [0, 0.05) is 5.02 Å². The molecule has 1 rings (SSSR count). The fourth-order valence-electron chi connectivity index (χ4n) is 1.35. The first kappa shape index (κ1) is 11.1. The number of rotatable bonds is 3. The number of halogens is 1. The summed E-state index contributed by atoms with van der Waals surface area (Å²) in [5.41, 5.74) is 2.01. The van der Waals surface area contributed by atoms with Gasteiger partial charge in [-0.05, 0) is 30.0 Å². The third kappa shape index (κ3) is 2.74. The molecule has 0 radical (unpaired) electrons. The zero-order valence-electron chi connectivity index (χ0n) is 8.25. The second kappa shape index (κ2) is 4.47. The number of carbonyl (C=O) groups is 1. The van der Waals surface area contributed by atoms with E-state index in [-0.39, 0.29) is 12.3 Å². The summed E-state index contributed by atoms with van der Waals surface area (Å²) in [7, 11) is 0. The topological polar surface area (TPSA) is 37.3 Å². The maximum atomic E-state index is 10.5. The molecule has 14 heavy (non-hydrogen) atoms. The number of carboxylic acid groups (broad SMARTS) is 1. The van der Waals surface area contributed by atoms with Crippen LogP contribution in [-0.4, -0.2) is 11.1 Å². The Hall–Kier alpha value is -1.02. The van der Waals surface area contributed by atoms with Gasteiger partial charge in [0.1, 0.15) is 0 Å². The van der Waals surface area contributed by atoms with E-state index in [4.69, 9.17) is 16.7 Å². The normalized spacial score (nSPS) is 12.5.